The molecular weight excluding hydrogens is 463 g/mol. The fourth-order valence-electron chi connectivity index (χ4n) is 4.80. The van der Waals surface area contributed by atoms with Crippen molar-refractivity contribution in [2.45, 2.75) is 39.5 Å². The minimum Gasteiger partial charge on any atom is -0.366 e. The van der Waals surface area contributed by atoms with Crippen LogP contribution in [0.5, 0.6) is 0 Å². The Balaban J connectivity index is 1.34. The lowest BCUT2D eigenvalue weighted by Gasteiger charge is -2.32. The molecule has 0 radical (unpaired) electrons. The van der Waals surface area contributed by atoms with Gasteiger partial charge in [0.25, 0.3) is 5.56 Å². The van der Waals surface area contributed by atoms with Crippen molar-refractivity contribution < 1.29 is 18.8 Å². The number of aryl methyl sites for hydroxylation is 1. The summed E-state index contributed by atoms with van der Waals surface area (Å²) in [5, 5.41) is 0.207. The number of rotatable bonds is 7. The summed E-state index contributed by atoms with van der Waals surface area (Å²) in [6.45, 7) is 4.58. The van der Waals surface area contributed by atoms with Gasteiger partial charge in [0.2, 0.25) is 11.8 Å². The zero-order chi connectivity index (χ0) is 26.0. The van der Waals surface area contributed by atoms with Gasteiger partial charge in [-0.05, 0) is 55.5 Å². The monoisotopic (exact) mass is 492 g/mol. The van der Waals surface area contributed by atoms with Gasteiger partial charge in [-0.25, -0.2) is 9.37 Å². The number of carbonyl (C=O) groups is 3. The lowest BCUT2D eigenvalue weighted by atomic mass is 9.88. The Kier molecular flexibility index (Phi) is 7.28. The van der Waals surface area contributed by atoms with Gasteiger partial charge in [0.1, 0.15) is 11.6 Å². The number of fused-ring (bicyclic) bond motifs is 1. The molecule has 1 saturated heterocycles. The van der Waals surface area contributed by atoms with Crippen LogP contribution in [0.4, 0.5) is 4.39 Å². The maximum absolute atomic E-state index is 13.6. The molecule has 0 aliphatic carbocycles. The average molecular weight is 493 g/mol. The molecule has 0 unspecified atom stereocenters. The van der Waals surface area contributed by atoms with E-state index in [4.69, 9.17) is 5.73 Å². The number of amides is 2. The third kappa shape index (κ3) is 5.50. The first-order valence-electron chi connectivity index (χ1n) is 12.0. The summed E-state index contributed by atoms with van der Waals surface area (Å²) in [7, 11) is 0. The van der Waals surface area contributed by atoms with Crippen molar-refractivity contribution in [2.75, 3.05) is 13.1 Å². The number of hydrogen-bond donors (Lipinski definition) is 2. The van der Waals surface area contributed by atoms with Crippen molar-refractivity contribution >= 4 is 28.5 Å². The van der Waals surface area contributed by atoms with Gasteiger partial charge in [-0.15, -0.1) is 0 Å². The number of nitrogens with zero attached hydrogens (tertiary/aromatic N) is 2. The average Bonchev–Trinajstić information content (AvgIpc) is 2.84. The van der Waals surface area contributed by atoms with Crippen LogP contribution in [0.15, 0.2) is 41.2 Å². The topological polar surface area (TPSA) is 126 Å². The number of aromatic nitrogens is 2. The number of ketones is 1. The van der Waals surface area contributed by atoms with E-state index < -0.39 is 17.3 Å². The fraction of sp³-hybridized carbons (Fsp3) is 0.370. The van der Waals surface area contributed by atoms with Crippen LogP contribution in [0.3, 0.4) is 0 Å². The van der Waals surface area contributed by atoms with Crippen molar-refractivity contribution in [3.63, 3.8) is 0 Å². The van der Waals surface area contributed by atoms with Crippen LogP contribution in [0.25, 0.3) is 10.9 Å². The minimum atomic E-state index is -0.578. The molecule has 2 amide bonds. The number of likely N-dealkylation sites (tertiary alicyclic amines) is 1. The van der Waals surface area contributed by atoms with Gasteiger partial charge in [0.05, 0.1) is 10.9 Å². The van der Waals surface area contributed by atoms with E-state index in [1.807, 2.05) is 6.92 Å². The summed E-state index contributed by atoms with van der Waals surface area (Å²) in [5.74, 6) is -0.935. The number of nitrogens with two attached hydrogens (primary N) is 1. The Bertz CT molecular complexity index is 1390. The molecule has 1 atom stereocenters. The van der Waals surface area contributed by atoms with Gasteiger partial charge in [-0.2, -0.15) is 0 Å². The lowest BCUT2D eigenvalue weighted by molar-refractivity contribution is -0.133. The predicted molar refractivity (Wildman–Crippen MR) is 133 cm³/mol. The number of Topliss-reactive ketones (excluding diaryl/α,β-unsaturated/α-hetero) is 1. The number of piperidine rings is 1. The Hall–Kier alpha value is -3.88. The van der Waals surface area contributed by atoms with Crippen LogP contribution in [-0.4, -0.2) is 45.6 Å². The van der Waals surface area contributed by atoms with Gasteiger partial charge in [-0.3, -0.25) is 19.2 Å². The quantitative estimate of drug-likeness (QED) is 0.490. The second-order valence-corrected chi connectivity index (χ2v) is 9.61. The fourth-order valence-corrected chi connectivity index (χ4v) is 4.80. The number of carbonyl (C=O) groups excluding carboxylic acids is 3. The summed E-state index contributed by atoms with van der Waals surface area (Å²) in [6, 6.07) is 8.93. The van der Waals surface area contributed by atoms with Crippen LogP contribution in [0.2, 0.25) is 0 Å². The van der Waals surface area contributed by atoms with Crippen LogP contribution >= 0.6 is 0 Å². The minimum absolute atomic E-state index is 0.00878. The van der Waals surface area contributed by atoms with E-state index in [9.17, 15) is 23.6 Å². The maximum atomic E-state index is 13.6. The number of benzene rings is 2. The first-order chi connectivity index (χ1) is 17.1. The molecule has 3 aromatic rings. The van der Waals surface area contributed by atoms with Crippen LogP contribution < -0.4 is 11.3 Å². The van der Waals surface area contributed by atoms with Gasteiger partial charge >= 0.3 is 0 Å². The van der Waals surface area contributed by atoms with Gasteiger partial charge in [0.15, 0.2) is 5.78 Å². The number of nitrogens with one attached hydrogen (secondary N) is 1. The second kappa shape index (κ2) is 10.4. The molecule has 2 aromatic carbocycles. The smallest absolute Gasteiger partial charge is 0.258 e. The van der Waals surface area contributed by atoms with Crippen LogP contribution in [0, 0.1) is 24.6 Å². The van der Waals surface area contributed by atoms with E-state index in [2.05, 4.69) is 9.97 Å². The molecule has 0 saturated carbocycles. The van der Waals surface area contributed by atoms with Crippen LogP contribution in [-0.2, 0) is 11.2 Å². The lowest BCUT2D eigenvalue weighted by Crippen LogP contribution is -2.41. The van der Waals surface area contributed by atoms with E-state index in [1.54, 1.807) is 30.0 Å². The molecule has 188 valence electrons. The number of primary amides is 1. The van der Waals surface area contributed by atoms with Gasteiger partial charge in [0, 0.05) is 43.0 Å². The molecular formula is C27H29FN4O4. The molecule has 36 heavy (non-hydrogen) atoms. The highest BCUT2D eigenvalue weighted by Crippen LogP contribution is 2.24. The molecule has 0 bridgehead atoms. The van der Waals surface area contributed by atoms with Gasteiger partial charge in [-0.1, -0.05) is 19.1 Å². The molecule has 9 heteroatoms. The molecule has 8 nitrogen and oxygen atoms in total. The predicted octanol–water partition coefficient (Wildman–Crippen LogP) is 3.16. The third-order valence-electron chi connectivity index (χ3n) is 6.73. The van der Waals surface area contributed by atoms with E-state index in [1.165, 1.54) is 18.2 Å². The number of aromatic amines is 1. The molecule has 2 heterocycles. The first kappa shape index (κ1) is 25.2. The summed E-state index contributed by atoms with van der Waals surface area (Å²) < 4.78 is 13.6. The Morgan fingerprint density at radius 1 is 1.17 bits per heavy atom. The summed E-state index contributed by atoms with van der Waals surface area (Å²) >= 11 is 0. The summed E-state index contributed by atoms with van der Waals surface area (Å²) in [5.41, 5.74) is 6.72. The van der Waals surface area contributed by atoms with E-state index in [0.29, 0.717) is 60.4 Å². The molecule has 4 rings (SSSR count). The van der Waals surface area contributed by atoms with E-state index in [0.717, 1.165) is 0 Å². The molecule has 3 N–H and O–H groups in total. The van der Waals surface area contributed by atoms with Crippen molar-refractivity contribution in [3.05, 3.63) is 75.1 Å². The Morgan fingerprint density at radius 2 is 1.86 bits per heavy atom. The number of hydrogen-bond acceptors (Lipinski definition) is 5. The number of H-pyrrole nitrogens is 1. The molecule has 1 aromatic heterocycles. The second-order valence-electron chi connectivity index (χ2n) is 9.61. The summed E-state index contributed by atoms with van der Waals surface area (Å²) in [6.07, 6.45) is 1.78. The van der Waals surface area contributed by atoms with E-state index >= 15 is 0 Å². The first-order valence-corrected chi connectivity index (χ1v) is 12.0. The number of halogens is 1. The van der Waals surface area contributed by atoms with E-state index in [-0.39, 0.29) is 35.3 Å². The largest absolute Gasteiger partial charge is 0.366 e. The zero-order valence-electron chi connectivity index (χ0n) is 20.3. The highest BCUT2D eigenvalue weighted by Gasteiger charge is 2.29. The van der Waals surface area contributed by atoms with Gasteiger partial charge < -0.3 is 15.6 Å². The summed E-state index contributed by atoms with van der Waals surface area (Å²) in [4.78, 5) is 58.6. The highest BCUT2D eigenvalue weighted by molar-refractivity contribution is 6.01. The van der Waals surface area contributed by atoms with Crippen molar-refractivity contribution in [3.8, 4) is 0 Å². The normalized spacial score (nSPS) is 15.1. The zero-order valence-corrected chi connectivity index (χ0v) is 20.3. The molecule has 1 aliphatic heterocycles. The van der Waals surface area contributed by atoms with Crippen LogP contribution in [0.1, 0.15) is 58.3 Å². The SMILES string of the molecule is Cc1cc(F)cc2c(=O)[nH]c(C[C@@H](C)CC(=O)N3CCC(C(=O)c4cccc(C(N)=O)c4)CC3)nc12. The Morgan fingerprint density at radius 3 is 2.56 bits per heavy atom. The standard InChI is InChI=1S/C27H29FN4O4/c1-15(10-22-30-24-16(2)12-20(28)14-21(24)27(36)31-22)11-23(33)32-8-6-17(7-9-32)25(34)18-4-3-5-19(13-18)26(29)35/h3-5,12-15,17H,6-11H2,1-2H3,(H2,29,35)(H,30,31,36)/t15-/m1/s1. The third-order valence-corrected chi connectivity index (χ3v) is 6.73. The highest BCUT2D eigenvalue weighted by atomic mass is 19.1. The Labute approximate surface area is 207 Å². The van der Waals surface area contributed by atoms with Crippen molar-refractivity contribution in [1.82, 2.24) is 14.9 Å². The van der Waals surface area contributed by atoms with Crippen molar-refractivity contribution in [2.24, 2.45) is 17.6 Å². The maximum Gasteiger partial charge on any atom is 0.258 e. The molecule has 0 spiro atoms. The molecule has 1 fully saturated rings. The molecule has 1 aliphatic rings. The van der Waals surface area contributed by atoms with Crippen molar-refractivity contribution in [1.29, 1.82) is 0 Å².